The van der Waals surface area contributed by atoms with Crippen LogP contribution in [-0.4, -0.2) is 56.6 Å². The van der Waals surface area contributed by atoms with Gasteiger partial charge in [-0.3, -0.25) is 4.99 Å². The minimum atomic E-state index is -0.212. The molecule has 0 atom stereocenters. The van der Waals surface area contributed by atoms with Crippen molar-refractivity contribution in [2.24, 2.45) is 4.99 Å². The van der Waals surface area contributed by atoms with Gasteiger partial charge in [0.05, 0.1) is 0 Å². The molecule has 0 saturated heterocycles. The molecule has 0 aliphatic rings. The number of H-pyrrole nitrogens is 1. The minimum absolute atomic E-state index is 0. The maximum absolute atomic E-state index is 13.3. The second-order valence-electron chi connectivity index (χ2n) is 7.25. The Morgan fingerprint density at radius 1 is 1.07 bits per heavy atom. The van der Waals surface area contributed by atoms with Crippen LogP contribution in [0.1, 0.15) is 37.7 Å². The van der Waals surface area contributed by atoms with Crippen molar-refractivity contribution < 1.29 is 4.39 Å². The number of halogens is 2. The first-order chi connectivity index (χ1) is 13.1. The largest absolute Gasteiger partial charge is 0.361 e. The Morgan fingerprint density at radius 3 is 2.54 bits per heavy atom. The summed E-state index contributed by atoms with van der Waals surface area (Å²) in [6.07, 6.45) is 9.11. The van der Waals surface area contributed by atoms with E-state index in [0.717, 1.165) is 42.8 Å². The fourth-order valence-corrected chi connectivity index (χ4v) is 3.19. The number of benzene rings is 1. The number of aliphatic imine (C=N–C) groups is 1. The Balaban J connectivity index is 0.00000392. The van der Waals surface area contributed by atoms with E-state index < -0.39 is 0 Å². The summed E-state index contributed by atoms with van der Waals surface area (Å²) in [6.45, 7) is 2.91. The van der Waals surface area contributed by atoms with E-state index in [2.05, 4.69) is 39.6 Å². The third-order valence-electron chi connectivity index (χ3n) is 4.71. The molecule has 28 heavy (non-hydrogen) atoms. The van der Waals surface area contributed by atoms with Gasteiger partial charge in [-0.15, -0.1) is 24.0 Å². The van der Waals surface area contributed by atoms with Gasteiger partial charge in [0, 0.05) is 37.2 Å². The first-order valence-corrected chi connectivity index (χ1v) is 9.95. The molecule has 0 amide bonds. The zero-order valence-electron chi connectivity index (χ0n) is 17.4. The molecule has 0 unspecified atom stereocenters. The molecular weight excluding hydrogens is 468 g/mol. The highest BCUT2D eigenvalue weighted by Crippen LogP contribution is 2.19. The van der Waals surface area contributed by atoms with E-state index in [-0.39, 0.29) is 29.8 Å². The molecule has 1 aromatic heterocycles. The number of guanidine groups is 1. The van der Waals surface area contributed by atoms with Gasteiger partial charge in [-0.1, -0.05) is 19.3 Å². The molecule has 5 nitrogen and oxygen atoms in total. The number of nitrogens with zero attached hydrogens (tertiary/aromatic N) is 2. The molecule has 0 spiro atoms. The maximum atomic E-state index is 13.3. The number of aromatic amines is 1. The number of rotatable bonds is 11. The first kappa shape index (κ1) is 24.7. The van der Waals surface area contributed by atoms with Crippen molar-refractivity contribution in [3.63, 3.8) is 0 Å². The van der Waals surface area contributed by atoms with E-state index >= 15 is 0 Å². The van der Waals surface area contributed by atoms with Crippen molar-refractivity contribution in [3.05, 3.63) is 35.8 Å². The average Bonchev–Trinajstić information content (AvgIpc) is 3.04. The summed E-state index contributed by atoms with van der Waals surface area (Å²) < 4.78 is 13.3. The lowest BCUT2D eigenvalue weighted by atomic mass is 10.1. The van der Waals surface area contributed by atoms with Gasteiger partial charge in [-0.25, -0.2) is 4.39 Å². The average molecular weight is 503 g/mol. The molecule has 1 aromatic carbocycles. The molecule has 7 heteroatoms. The number of hydrogen-bond donors (Lipinski definition) is 3. The molecule has 0 radical (unpaired) electrons. The van der Waals surface area contributed by atoms with Crippen molar-refractivity contribution in [1.29, 1.82) is 0 Å². The lowest BCUT2D eigenvalue weighted by Gasteiger charge is -2.12. The van der Waals surface area contributed by atoms with Crippen LogP contribution < -0.4 is 10.6 Å². The van der Waals surface area contributed by atoms with Gasteiger partial charge in [-0.2, -0.15) is 0 Å². The summed E-state index contributed by atoms with van der Waals surface area (Å²) in [5.41, 5.74) is 2.03. The van der Waals surface area contributed by atoms with Crippen LogP contribution in [0.25, 0.3) is 10.9 Å². The Morgan fingerprint density at radius 2 is 1.79 bits per heavy atom. The topological polar surface area (TPSA) is 55.5 Å². The van der Waals surface area contributed by atoms with Crippen molar-refractivity contribution in [2.45, 2.75) is 38.5 Å². The summed E-state index contributed by atoms with van der Waals surface area (Å²) in [6, 6.07) is 4.88. The van der Waals surface area contributed by atoms with Crippen molar-refractivity contribution in [3.8, 4) is 0 Å². The van der Waals surface area contributed by atoms with Gasteiger partial charge in [0.15, 0.2) is 5.96 Å². The van der Waals surface area contributed by atoms with Crippen LogP contribution in [0.2, 0.25) is 0 Å². The number of hydrogen-bond acceptors (Lipinski definition) is 2. The highest BCUT2D eigenvalue weighted by molar-refractivity contribution is 14.0. The molecule has 3 N–H and O–H groups in total. The van der Waals surface area contributed by atoms with E-state index in [1.54, 1.807) is 7.05 Å². The van der Waals surface area contributed by atoms with E-state index in [1.165, 1.54) is 49.9 Å². The number of unbranched alkanes of at least 4 members (excludes halogenated alkanes) is 4. The van der Waals surface area contributed by atoms with Gasteiger partial charge in [0.25, 0.3) is 0 Å². The van der Waals surface area contributed by atoms with Crippen LogP contribution in [0.4, 0.5) is 4.39 Å². The standard InChI is InChI=1S/C21H34FN5.HI/c1-23-21(24-12-7-5-4-6-8-14-27(2)3)25-13-11-17-16-26-20-15-18(22)9-10-19(17)20;/h9-10,15-16,26H,4-8,11-14H2,1-3H3,(H2,23,24,25);1H. The number of nitrogens with one attached hydrogen (secondary N) is 3. The number of fused-ring (bicyclic) bond motifs is 1. The first-order valence-electron chi connectivity index (χ1n) is 9.95. The van der Waals surface area contributed by atoms with Crippen LogP contribution in [0.3, 0.4) is 0 Å². The molecule has 1 heterocycles. The fourth-order valence-electron chi connectivity index (χ4n) is 3.19. The van der Waals surface area contributed by atoms with E-state index in [9.17, 15) is 4.39 Å². The van der Waals surface area contributed by atoms with E-state index in [1.807, 2.05) is 12.3 Å². The molecule has 2 rings (SSSR count). The fraction of sp³-hybridized carbons (Fsp3) is 0.571. The summed E-state index contributed by atoms with van der Waals surface area (Å²) in [5.74, 6) is 0.629. The van der Waals surface area contributed by atoms with Gasteiger partial charge in [-0.05, 0) is 63.7 Å². The van der Waals surface area contributed by atoms with Gasteiger partial charge >= 0.3 is 0 Å². The zero-order chi connectivity index (χ0) is 19.5. The zero-order valence-corrected chi connectivity index (χ0v) is 19.7. The predicted molar refractivity (Wildman–Crippen MR) is 128 cm³/mol. The molecule has 158 valence electrons. The molecule has 0 bridgehead atoms. The van der Waals surface area contributed by atoms with Gasteiger partial charge in [0.1, 0.15) is 5.82 Å². The lowest BCUT2D eigenvalue weighted by Crippen LogP contribution is -2.38. The van der Waals surface area contributed by atoms with Crippen LogP contribution in [0.5, 0.6) is 0 Å². The second-order valence-corrected chi connectivity index (χ2v) is 7.25. The summed E-state index contributed by atoms with van der Waals surface area (Å²) in [4.78, 5) is 9.65. The minimum Gasteiger partial charge on any atom is -0.361 e. The summed E-state index contributed by atoms with van der Waals surface area (Å²) >= 11 is 0. The van der Waals surface area contributed by atoms with Crippen molar-refractivity contribution >= 4 is 40.8 Å². The normalized spacial score (nSPS) is 11.7. The Hall–Kier alpha value is -1.35. The Labute approximate surface area is 185 Å². The molecule has 0 aliphatic heterocycles. The quantitative estimate of drug-likeness (QED) is 0.187. The van der Waals surface area contributed by atoms with Crippen LogP contribution in [-0.2, 0) is 6.42 Å². The Kier molecular flexibility index (Phi) is 12.1. The predicted octanol–water partition coefficient (Wildman–Crippen LogP) is 4.14. The lowest BCUT2D eigenvalue weighted by molar-refractivity contribution is 0.389. The summed E-state index contributed by atoms with van der Waals surface area (Å²) in [5, 5.41) is 7.81. The molecule has 2 aromatic rings. The SMILES string of the molecule is CN=C(NCCCCCCCN(C)C)NCCc1c[nH]c2cc(F)ccc12.I. The third kappa shape index (κ3) is 8.77. The van der Waals surface area contributed by atoms with Crippen LogP contribution >= 0.6 is 24.0 Å². The third-order valence-corrected chi connectivity index (χ3v) is 4.71. The highest BCUT2D eigenvalue weighted by atomic mass is 127. The van der Waals surface area contributed by atoms with E-state index in [0.29, 0.717) is 0 Å². The maximum Gasteiger partial charge on any atom is 0.190 e. The smallest absolute Gasteiger partial charge is 0.190 e. The van der Waals surface area contributed by atoms with Gasteiger partial charge in [0.2, 0.25) is 0 Å². The molecular formula is C21H35FIN5. The molecule has 0 saturated carbocycles. The second kappa shape index (κ2) is 13.8. The Bertz CT molecular complexity index is 714. The molecule has 0 aliphatic carbocycles. The van der Waals surface area contributed by atoms with Gasteiger partial charge < -0.3 is 20.5 Å². The molecule has 0 fully saturated rings. The van der Waals surface area contributed by atoms with Crippen LogP contribution in [0, 0.1) is 5.82 Å². The summed E-state index contributed by atoms with van der Waals surface area (Å²) in [7, 11) is 6.05. The monoisotopic (exact) mass is 503 g/mol. The van der Waals surface area contributed by atoms with Crippen molar-refractivity contribution in [2.75, 3.05) is 40.8 Å². The highest BCUT2D eigenvalue weighted by Gasteiger charge is 2.05. The van der Waals surface area contributed by atoms with Crippen molar-refractivity contribution in [1.82, 2.24) is 20.5 Å². The van der Waals surface area contributed by atoms with Crippen LogP contribution in [0.15, 0.2) is 29.4 Å². The number of aromatic nitrogens is 1. The van der Waals surface area contributed by atoms with E-state index in [4.69, 9.17) is 0 Å².